The van der Waals surface area contributed by atoms with E-state index in [9.17, 15) is 4.79 Å². The lowest BCUT2D eigenvalue weighted by Crippen LogP contribution is -2.43. The number of likely N-dealkylation sites (tertiary alicyclic amines) is 1. The van der Waals surface area contributed by atoms with E-state index in [1.165, 1.54) is 5.56 Å². The number of nitrogens with zero attached hydrogens (tertiary/aromatic N) is 1. The molecular formula is C16H22BrNO. The molecule has 1 aromatic rings. The quantitative estimate of drug-likeness (QED) is 0.719. The fourth-order valence-electron chi connectivity index (χ4n) is 2.98. The molecule has 1 amide bonds. The molecule has 1 heterocycles. The summed E-state index contributed by atoms with van der Waals surface area (Å²) >= 11 is 3.69. The van der Waals surface area contributed by atoms with E-state index in [4.69, 9.17) is 0 Å². The van der Waals surface area contributed by atoms with Gasteiger partial charge in [0.25, 0.3) is 5.91 Å². The van der Waals surface area contributed by atoms with E-state index in [1.54, 1.807) is 0 Å². The lowest BCUT2D eigenvalue weighted by Gasteiger charge is -2.35. The molecule has 2 rings (SSSR count). The molecule has 0 aromatic heterocycles. The number of halogens is 1. The van der Waals surface area contributed by atoms with Crippen molar-refractivity contribution in [3.63, 3.8) is 0 Å². The van der Waals surface area contributed by atoms with E-state index < -0.39 is 0 Å². The van der Waals surface area contributed by atoms with Crippen molar-refractivity contribution >= 4 is 21.8 Å². The molecule has 3 heteroatoms. The van der Waals surface area contributed by atoms with Gasteiger partial charge in [-0.25, -0.2) is 0 Å². The molecule has 1 aliphatic heterocycles. The topological polar surface area (TPSA) is 20.3 Å². The Morgan fingerprint density at radius 3 is 2.37 bits per heavy atom. The number of carbonyl (C=O) groups excluding carboxylic acids is 1. The molecule has 2 unspecified atom stereocenters. The molecule has 0 saturated carbocycles. The maximum absolute atomic E-state index is 12.7. The second-order valence-electron chi connectivity index (χ2n) is 5.81. The first kappa shape index (κ1) is 14.6. The summed E-state index contributed by atoms with van der Waals surface area (Å²) in [7, 11) is 0. The number of alkyl halides is 1. The number of aryl methyl sites for hydroxylation is 3. The predicted octanol–water partition coefficient (Wildman–Crippen LogP) is 3.86. The summed E-state index contributed by atoms with van der Waals surface area (Å²) in [5.41, 5.74) is 4.30. The zero-order valence-corrected chi connectivity index (χ0v) is 13.8. The van der Waals surface area contributed by atoms with Crippen LogP contribution in [0.25, 0.3) is 0 Å². The predicted molar refractivity (Wildman–Crippen MR) is 83.1 cm³/mol. The van der Waals surface area contributed by atoms with Gasteiger partial charge in [-0.2, -0.15) is 0 Å². The lowest BCUT2D eigenvalue weighted by molar-refractivity contribution is 0.0689. The van der Waals surface area contributed by atoms with Gasteiger partial charge in [-0.05, 0) is 44.2 Å². The Morgan fingerprint density at radius 1 is 1.26 bits per heavy atom. The summed E-state index contributed by atoms with van der Waals surface area (Å²) in [5.74, 6) is 0.713. The second-order valence-corrected chi connectivity index (χ2v) is 6.98. The average Bonchev–Trinajstić information content (AvgIpc) is 2.31. The van der Waals surface area contributed by atoms with E-state index in [-0.39, 0.29) is 5.91 Å². The molecule has 0 N–H and O–H groups in total. The van der Waals surface area contributed by atoms with E-state index in [0.717, 1.165) is 36.2 Å². The van der Waals surface area contributed by atoms with Crippen LogP contribution < -0.4 is 0 Å². The molecule has 0 radical (unpaired) electrons. The third kappa shape index (κ3) is 3.02. The standard InChI is InChI=1S/C16H22BrNO/c1-10-7-11(2)15(12(3)8-10)16(19)18-6-5-14(17)13(4)9-18/h7-8,13-14H,5-6,9H2,1-4H3. The van der Waals surface area contributed by atoms with E-state index in [1.807, 2.05) is 18.7 Å². The van der Waals surface area contributed by atoms with Crippen LogP contribution in [-0.4, -0.2) is 28.7 Å². The van der Waals surface area contributed by atoms with Crippen molar-refractivity contribution in [3.8, 4) is 0 Å². The number of hydrogen-bond donors (Lipinski definition) is 0. The average molecular weight is 324 g/mol. The van der Waals surface area contributed by atoms with Gasteiger partial charge in [0.15, 0.2) is 0 Å². The largest absolute Gasteiger partial charge is 0.338 e. The van der Waals surface area contributed by atoms with Crippen LogP contribution in [0.2, 0.25) is 0 Å². The number of carbonyl (C=O) groups is 1. The van der Waals surface area contributed by atoms with Gasteiger partial charge in [0.05, 0.1) is 0 Å². The van der Waals surface area contributed by atoms with Crippen LogP contribution in [0.1, 0.15) is 40.4 Å². The number of amides is 1. The monoisotopic (exact) mass is 323 g/mol. The van der Waals surface area contributed by atoms with Crippen LogP contribution in [0.4, 0.5) is 0 Å². The summed E-state index contributed by atoms with van der Waals surface area (Å²) in [5, 5.41) is 0. The normalized spacial score (nSPS) is 23.5. The molecule has 1 saturated heterocycles. The van der Waals surface area contributed by atoms with E-state index in [2.05, 4.69) is 41.9 Å². The van der Waals surface area contributed by atoms with Gasteiger partial charge in [-0.3, -0.25) is 4.79 Å². The Kier molecular flexibility index (Phi) is 4.34. The molecule has 0 spiro atoms. The Hall–Kier alpha value is -0.830. The molecule has 0 bridgehead atoms. The number of rotatable bonds is 1. The van der Waals surface area contributed by atoms with E-state index >= 15 is 0 Å². The van der Waals surface area contributed by atoms with Gasteiger partial charge in [0.1, 0.15) is 0 Å². The highest BCUT2D eigenvalue weighted by molar-refractivity contribution is 9.09. The van der Waals surface area contributed by atoms with Gasteiger partial charge in [0.2, 0.25) is 0 Å². The number of piperidine rings is 1. The van der Waals surface area contributed by atoms with Crippen molar-refractivity contribution in [2.75, 3.05) is 13.1 Å². The maximum atomic E-state index is 12.7. The summed E-state index contributed by atoms with van der Waals surface area (Å²) in [6.07, 6.45) is 1.04. The van der Waals surface area contributed by atoms with Crippen LogP contribution in [0.3, 0.4) is 0 Å². The molecular weight excluding hydrogens is 302 g/mol. The summed E-state index contributed by atoms with van der Waals surface area (Å²) in [6, 6.07) is 4.20. The van der Waals surface area contributed by atoms with Crippen molar-refractivity contribution in [1.82, 2.24) is 4.90 Å². The zero-order chi connectivity index (χ0) is 14.2. The van der Waals surface area contributed by atoms with Crippen molar-refractivity contribution in [2.24, 2.45) is 5.92 Å². The van der Waals surface area contributed by atoms with Crippen molar-refractivity contribution in [3.05, 3.63) is 34.4 Å². The molecule has 2 atom stereocenters. The Morgan fingerprint density at radius 2 is 1.84 bits per heavy atom. The molecule has 1 aromatic carbocycles. The van der Waals surface area contributed by atoms with Crippen LogP contribution in [0.5, 0.6) is 0 Å². The highest BCUT2D eigenvalue weighted by Gasteiger charge is 2.28. The van der Waals surface area contributed by atoms with Crippen molar-refractivity contribution < 1.29 is 4.79 Å². The second kappa shape index (κ2) is 5.66. The zero-order valence-electron chi connectivity index (χ0n) is 12.2. The van der Waals surface area contributed by atoms with Gasteiger partial charge in [0, 0.05) is 23.5 Å². The van der Waals surface area contributed by atoms with Gasteiger partial charge in [-0.1, -0.05) is 40.5 Å². The smallest absolute Gasteiger partial charge is 0.254 e. The fraction of sp³-hybridized carbons (Fsp3) is 0.562. The highest BCUT2D eigenvalue weighted by Crippen LogP contribution is 2.26. The highest BCUT2D eigenvalue weighted by atomic mass is 79.9. The Balaban J connectivity index is 2.25. The van der Waals surface area contributed by atoms with E-state index in [0.29, 0.717) is 10.7 Å². The van der Waals surface area contributed by atoms with Crippen molar-refractivity contribution in [1.29, 1.82) is 0 Å². The van der Waals surface area contributed by atoms with Crippen LogP contribution in [0.15, 0.2) is 12.1 Å². The van der Waals surface area contributed by atoms with Crippen LogP contribution in [-0.2, 0) is 0 Å². The first-order valence-corrected chi connectivity index (χ1v) is 7.83. The van der Waals surface area contributed by atoms with Crippen LogP contribution >= 0.6 is 15.9 Å². The van der Waals surface area contributed by atoms with Crippen molar-refractivity contribution in [2.45, 2.75) is 38.9 Å². The molecule has 1 fully saturated rings. The Labute approximate surface area is 124 Å². The third-order valence-electron chi connectivity index (χ3n) is 3.98. The minimum absolute atomic E-state index is 0.196. The first-order valence-electron chi connectivity index (χ1n) is 6.91. The molecule has 1 aliphatic rings. The molecule has 0 aliphatic carbocycles. The molecule has 19 heavy (non-hydrogen) atoms. The SMILES string of the molecule is Cc1cc(C)c(C(=O)N2CCC(Br)C(C)C2)c(C)c1. The van der Waals surface area contributed by atoms with Crippen LogP contribution in [0, 0.1) is 26.7 Å². The Bertz CT molecular complexity index is 475. The molecule has 2 nitrogen and oxygen atoms in total. The summed E-state index contributed by atoms with van der Waals surface area (Å²) in [6.45, 7) is 10.1. The number of hydrogen-bond acceptors (Lipinski definition) is 1. The summed E-state index contributed by atoms with van der Waals surface area (Å²) in [4.78, 5) is 15.3. The maximum Gasteiger partial charge on any atom is 0.254 e. The fourth-order valence-corrected chi connectivity index (χ4v) is 3.35. The van der Waals surface area contributed by atoms with Gasteiger partial charge in [-0.15, -0.1) is 0 Å². The number of benzene rings is 1. The van der Waals surface area contributed by atoms with Gasteiger partial charge >= 0.3 is 0 Å². The minimum Gasteiger partial charge on any atom is -0.338 e. The van der Waals surface area contributed by atoms with Gasteiger partial charge < -0.3 is 4.90 Å². The first-order chi connectivity index (χ1) is 8.90. The summed E-state index contributed by atoms with van der Waals surface area (Å²) < 4.78 is 0. The minimum atomic E-state index is 0.196. The lowest BCUT2D eigenvalue weighted by atomic mass is 9.95. The molecule has 104 valence electrons. The third-order valence-corrected chi connectivity index (χ3v) is 5.34.